The van der Waals surface area contributed by atoms with Crippen molar-refractivity contribution < 1.29 is 13.9 Å². The summed E-state index contributed by atoms with van der Waals surface area (Å²) in [6.07, 6.45) is 1.67. The van der Waals surface area contributed by atoms with E-state index < -0.39 is 12.0 Å². The fourth-order valence-corrected chi connectivity index (χ4v) is 5.53. The van der Waals surface area contributed by atoms with Crippen LogP contribution in [0.5, 0.6) is 0 Å². The zero-order chi connectivity index (χ0) is 20.7. The van der Waals surface area contributed by atoms with Crippen LogP contribution < -0.4 is 14.9 Å². The molecule has 0 fully saturated rings. The van der Waals surface area contributed by atoms with Gasteiger partial charge in [-0.05, 0) is 63.2 Å². The molecule has 0 saturated carbocycles. The molecule has 0 aliphatic carbocycles. The molecule has 4 rings (SSSR count). The van der Waals surface area contributed by atoms with Gasteiger partial charge in [0.2, 0.25) is 0 Å². The van der Waals surface area contributed by atoms with Gasteiger partial charge in [0, 0.05) is 11.0 Å². The van der Waals surface area contributed by atoms with E-state index in [1.54, 1.807) is 30.6 Å². The first kappa shape index (κ1) is 20.5. The number of hydrogen-bond donors (Lipinski definition) is 0. The number of fused-ring (bicyclic) bond motifs is 1. The molecular formula is C19H14Br2N2O4S2. The molecule has 29 heavy (non-hydrogen) atoms. The molecule has 0 N–H and O–H groups in total. The molecule has 0 aromatic carbocycles. The Morgan fingerprint density at radius 1 is 1.45 bits per heavy atom. The van der Waals surface area contributed by atoms with Gasteiger partial charge in [-0.25, -0.2) is 9.79 Å². The quantitative estimate of drug-likeness (QED) is 0.455. The number of aromatic nitrogens is 1. The van der Waals surface area contributed by atoms with Gasteiger partial charge in [-0.3, -0.25) is 9.36 Å². The van der Waals surface area contributed by atoms with Gasteiger partial charge < -0.3 is 9.15 Å². The van der Waals surface area contributed by atoms with E-state index in [0.717, 1.165) is 9.35 Å². The molecule has 0 bridgehead atoms. The van der Waals surface area contributed by atoms with Crippen LogP contribution in [-0.4, -0.2) is 17.1 Å². The molecule has 3 aromatic rings. The largest absolute Gasteiger partial charge is 0.463 e. The van der Waals surface area contributed by atoms with Crippen LogP contribution in [0, 0.1) is 0 Å². The number of halogens is 2. The van der Waals surface area contributed by atoms with Crippen LogP contribution in [0.1, 0.15) is 30.5 Å². The summed E-state index contributed by atoms with van der Waals surface area (Å²) in [7, 11) is 0. The average molecular weight is 558 g/mol. The molecule has 0 radical (unpaired) electrons. The topological polar surface area (TPSA) is 73.8 Å². The number of ether oxygens (including phenoxy) is 1. The third kappa shape index (κ3) is 3.74. The fraction of sp³-hybridized carbons (Fsp3) is 0.211. The van der Waals surface area contributed by atoms with E-state index in [9.17, 15) is 9.59 Å². The van der Waals surface area contributed by atoms with Crippen LogP contribution in [-0.2, 0) is 9.53 Å². The number of esters is 1. The lowest BCUT2D eigenvalue weighted by Crippen LogP contribution is -2.39. The SMILES string of the molecule is CCOC(=O)C1=C(C)N=c2s/c(=C/c3cc(Br)c(Br)o3)c(=O)n2C1c1cccs1. The van der Waals surface area contributed by atoms with Crippen LogP contribution >= 0.6 is 54.5 Å². The standard InChI is InChI=1S/C19H14Br2N2O4S2/c1-3-26-18(25)14-9(2)22-19-23(15(14)12-5-4-6-28-12)17(24)13(29-19)8-10-7-11(20)16(21)27-10/h4-8,15H,3H2,1-2H3/b13-8+. The predicted octanol–water partition coefficient (Wildman–Crippen LogP) is 3.98. The summed E-state index contributed by atoms with van der Waals surface area (Å²) < 4.78 is 14.2. The highest BCUT2D eigenvalue weighted by atomic mass is 79.9. The van der Waals surface area contributed by atoms with E-state index in [-0.39, 0.29) is 12.2 Å². The maximum atomic E-state index is 13.3. The van der Waals surface area contributed by atoms with Crippen molar-refractivity contribution >= 4 is 66.6 Å². The first-order chi connectivity index (χ1) is 13.9. The number of furan rings is 1. The van der Waals surface area contributed by atoms with Gasteiger partial charge in [-0.1, -0.05) is 17.4 Å². The lowest BCUT2D eigenvalue weighted by atomic mass is 10.0. The zero-order valence-electron chi connectivity index (χ0n) is 15.3. The van der Waals surface area contributed by atoms with E-state index in [1.165, 1.54) is 22.7 Å². The Bertz CT molecular complexity index is 1280. The number of carbonyl (C=O) groups excluding carboxylic acids is 1. The van der Waals surface area contributed by atoms with Crippen LogP contribution in [0.2, 0.25) is 0 Å². The molecular weight excluding hydrogens is 544 g/mol. The Kier molecular flexibility index (Phi) is 5.78. The molecule has 0 saturated heterocycles. The van der Waals surface area contributed by atoms with E-state index in [0.29, 0.717) is 31.0 Å². The van der Waals surface area contributed by atoms with E-state index in [4.69, 9.17) is 9.15 Å². The van der Waals surface area contributed by atoms with Crippen molar-refractivity contribution in [3.05, 3.63) is 74.3 Å². The fourth-order valence-electron chi connectivity index (χ4n) is 3.07. The third-order valence-corrected chi connectivity index (χ3v) is 7.89. The Hall–Kier alpha value is -1.75. The summed E-state index contributed by atoms with van der Waals surface area (Å²) in [5, 5.41) is 1.92. The molecule has 3 aromatic heterocycles. The second-order valence-corrected chi connectivity index (χ2v) is 9.65. The number of hydrogen-bond acceptors (Lipinski definition) is 7. The Morgan fingerprint density at radius 2 is 2.24 bits per heavy atom. The van der Waals surface area contributed by atoms with E-state index in [1.807, 2.05) is 17.5 Å². The van der Waals surface area contributed by atoms with Crippen LogP contribution in [0.4, 0.5) is 0 Å². The summed E-state index contributed by atoms with van der Waals surface area (Å²) in [5.41, 5.74) is 0.708. The van der Waals surface area contributed by atoms with Gasteiger partial charge in [-0.2, -0.15) is 0 Å². The molecule has 1 unspecified atom stereocenters. The van der Waals surface area contributed by atoms with Crippen LogP contribution in [0.25, 0.3) is 6.08 Å². The van der Waals surface area contributed by atoms with Gasteiger partial charge in [0.25, 0.3) is 5.56 Å². The van der Waals surface area contributed by atoms with Gasteiger partial charge in [-0.15, -0.1) is 11.3 Å². The van der Waals surface area contributed by atoms with E-state index >= 15 is 0 Å². The highest BCUT2D eigenvalue weighted by molar-refractivity contribution is 9.13. The molecule has 0 amide bonds. The van der Waals surface area contributed by atoms with Gasteiger partial charge in [0.15, 0.2) is 9.47 Å². The lowest BCUT2D eigenvalue weighted by Gasteiger charge is -2.23. The second-order valence-electron chi connectivity index (χ2n) is 6.09. The summed E-state index contributed by atoms with van der Waals surface area (Å²) in [4.78, 5) is 31.9. The van der Waals surface area contributed by atoms with E-state index in [2.05, 4.69) is 36.9 Å². The molecule has 1 atom stereocenters. The van der Waals surface area contributed by atoms with Crippen LogP contribution in [0.15, 0.2) is 58.2 Å². The Morgan fingerprint density at radius 3 is 2.86 bits per heavy atom. The normalized spacial score (nSPS) is 16.7. The molecule has 0 spiro atoms. The molecule has 1 aliphatic heterocycles. The minimum Gasteiger partial charge on any atom is -0.463 e. The minimum atomic E-state index is -0.567. The number of thiazole rings is 1. The molecule has 150 valence electrons. The third-order valence-electron chi connectivity index (χ3n) is 4.27. The molecule has 6 nitrogen and oxygen atoms in total. The van der Waals surface area contributed by atoms with Crippen molar-refractivity contribution in [1.29, 1.82) is 0 Å². The Balaban J connectivity index is 1.94. The lowest BCUT2D eigenvalue weighted by molar-refractivity contribution is -0.139. The summed E-state index contributed by atoms with van der Waals surface area (Å²) in [6.45, 7) is 3.77. The first-order valence-corrected chi connectivity index (χ1v) is 11.9. The maximum Gasteiger partial charge on any atom is 0.338 e. The molecule has 4 heterocycles. The van der Waals surface area contributed by atoms with Crippen LogP contribution in [0.3, 0.4) is 0 Å². The number of rotatable bonds is 4. The second kappa shape index (κ2) is 8.17. The van der Waals surface area contributed by atoms with Gasteiger partial charge >= 0.3 is 5.97 Å². The van der Waals surface area contributed by atoms with Crippen molar-refractivity contribution in [1.82, 2.24) is 4.57 Å². The minimum absolute atomic E-state index is 0.231. The maximum absolute atomic E-state index is 13.3. The van der Waals surface area contributed by atoms with Crippen molar-refractivity contribution in [2.75, 3.05) is 6.61 Å². The van der Waals surface area contributed by atoms with Crippen molar-refractivity contribution in [2.24, 2.45) is 4.99 Å². The predicted molar refractivity (Wildman–Crippen MR) is 119 cm³/mol. The highest BCUT2D eigenvalue weighted by Gasteiger charge is 2.33. The highest BCUT2D eigenvalue weighted by Crippen LogP contribution is 2.33. The monoisotopic (exact) mass is 556 g/mol. The zero-order valence-corrected chi connectivity index (χ0v) is 20.1. The first-order valence-electron chi connectivity index (χ1n) is 8.58. The smallest absolute Gasteiger partial charge is 0.338 e. The Labute approximate surface area is 190 Å². The number of allylic oxidation sites excluding steroid dienone is 1. The molecule has 10 heteroatoms. The van der Waals surface area contributed by atoms with Gasteiger partial charge in [0.1, 0.15) is 11.8 Å². The number of thiophene rings is 1. The number of nitrogens with zero attached hydrogens (tertiary/aromatic N) is 2. The van der Waals surface area contributed by atoms with Crippen molar-refractivity contribution in [2.45, 2.75) is 19.9 Å². The average Bonchev–Trinajstić information content (AvgIpc) is 3.36. The summed E-state index contributed by atoms with van der Waals surface area (Å²) in [6, 6.07) is 5.01. The van der Waals surface area contributed by atoms with Gasteiger partial charge in [0.05, 0.1) is 26.9 Å². The number of carbonyl (C=O) groups is 1. The summed E-state index contributed by atoms with van der Waals surface area (Å²) in [5.74, 6) is 0.0725. The molecule has 1 aliphatic rings. The van der Waals surface area contributed by atoms with Crippen molar-refractivity contribution in [3.8, 4) is 0 Å². The summed E-state index contributed by atoms with van der Waals surface area (Å²) >= 11 is 9.41. The van der Waals surface area contributed by atoms with Crippen molar-refractivity contribution in [3.63, 3.8) is 0 Å².